The standard InChI is InChI=1S/C22H21N3O5/c1-15(24-22(26)17-9-10-21(29-2)20(13-17)25(27)28)16-6-5-8-19(12-16)30-14-18-7-3-4-11-23-18/h3-13,15H,14H2,1-2H3,(H,24,26). The van der Waals surface area contributed by atoms with Gasteiger partial charge in [0.15, 0.2) is 5.75 Å². The SMILES string of the molecule is COc1ccc(C(=O)NC(C)c2cccc(OCc3ccccn3)c2)cc1[N+](=O)[O-]. The summed E-state index contributed by atoms with van der Waals surface area (Å²) in [5.41, 5.74) is 1.56. The van der Waals surface area contributed by atoms with E-state index in [1.54, 1.807) is 6.20 Å². The molecule has 0 radical (unpaired) electrons. The van der Waals surface area contributed by atoms with Crippen molar-refractivity contribution in [1.82, 2.24) is 10.3 Å². The first-order valence-corrected chi connectivity index (χ1v) is 9.24. The van der Waals surface area contributed by atoms with Crippen LogP contribution in [0.25, 0.3) is 0 Å². The molecule has 1 heterocycles. The topological polar surface area (TPSA) is 104 Å². The van der Waals surface area contributed by atoms with Crippen LogP contribution >= 0.6 is 0 Å². The normalized spacial score (nSPS) is 11.4. The van der Waals surface area contributed by atoms with Crippen LogP contribution in [0.5, 0.6) is 11.5 Å². The van der Waals surface area contributed by atoms with Crippen LogP contribution < -0.4 is 14.8 Å². The van der Waals surface area contributed by atoms with Crippen molar-refractivity contribution < 1.29 is 19.2 Å². The number of hydrogen-bond acceptors (Lipinski definition) is 6. The highest BCUT2D eigenvalue weighted by atomic mass is 16.6. The summed E-state index contributed by atoms with van der Waals surface area (Å²) in [6, 6.07) is 16.7. The first kappa shape index (κ1) is 20.8. The van der Waals surface area contributed by atoms with E-state index in [-0.39, 0.29) is 23.0 Å². The lowest BCUT2D eigenvalue weighted by Gasteiger charge is -2.16. The first-order valence-electron chi connectivity index (χ1n) is 9.24. The maximum Gasteiger partial charge on any atom is 0.311 e. The summed E-state index contributed by atoms with van der Waals surface area (Å²) in [5.74, 6) is 0.328. The van der Waals surface area contributed by atoms with Gasteiger partial charge in [0.2, 0.25) is 0 Å². The number of rotatable bonds is 8. The molecule has 3 rings (SSSR count). The van der Waals surface area contributed by atoms with E-state index in [0.29, 0.717) is 12.4 Å². The van der Waals surface area contributed by atoms with E-state index in [2.05, 4.69) is 10.3 Å². The summed E-state index contributed by atoms with van der Waals surface area (Å²) < 4.78 is 10.7. The predicted octanol–water partition coefficient (Wildman–Crippen LogP) is 4.07. The van der Waals surface area contributed by atoms with Gasteiger partial charge in [-0.3, -0.25) is 19.9 Å². The average Bonchev–Trinajstić information content (AvgIpc) is 2.78. The maximum absolute atomic E-state index is 12.6. The van der Waals surface area contributed by atoms with Crippen LogP contribution in [-0.4, -0.2) is 22.9 Å². The number of nitrogens with one attached hydrogen (secondary N) is 1. The Morgan fingerprint density at radius 2 is 2.00 bits per heavy atom. The fraction of sp³-hybridized carbons (Fsp3) is 0.182. The van der Waals surface area contributed by atoms with Crippen molar-refractivity contribution >= 4 is 11.6 Å². The Balaban J connectivity index is 1.68. The number of amides is 1. The van der Waals surface area contributed by atoms with Crippen molar-refractivity contribution in [3.63, 3.8) is 0 Å². The van der Waals surface area contributed by atoms with Gasteiger partial charge < -0.3 is 14.8 Å². The fourth-order valence-corrected chi connectivity index (χ4v) is 2.85. The number of nitro benzene ring substituents is 1. The highest BCUT2D eigenvalue weighted by Crippen LogP contribution is 2.28. The molecule has 30 heavy (non-hydrogen) atoms. The van der Waals surface area contributed by atoms with E-state index in [4.69, 9.17) is 9.47 Å². The number of aromatic nitrogens is 1. The summed E-state index contributed by atoms with van der Waals surface area (Å²) in [4.78, 5) is 27.4. The minimum Gasteiger partial charge on any atom is -0.490 e. The van der Waals surface area contributed by atoms with Gasteiger partial charge in [-0.15, -0.1) is 0 Å². The lowest BCUT2D eigenvalue weighted by molar-refractivity contribution is -0.385. The number of carbonyl (C=O) groups is 1. The molecule has 8 heteroatoms. The third-order valence-corrected chi connectivity index (χ3v) is 4.46. The minimum atomic E-state index is -0.582. The van der Waals surface area contributed by atoms with E-state index in [1.165, 1.54) is 25.3 Å². The van der Waals surface area contributed by atoms with E-state index < -0.39 is 10.8 Å². The number of methoxy groups -OCH3 is 1. The molecule has 154 valence electrons. The summed E-state index contributed by atoms with van der Waals surface area (Å²) in [6.07, 6.45) is 1.70. The highest BCUT2D eigenvalue weighted by molar-refractivity contribution is 5.95. The molecule has 0 saturated carbocycles. The monoisotopic (exact) mass is 407 g/mol. The number of benzene rings is 2. The number of nitrogens with zero attached hydrogens (tertiary/aromatic N) is 2. The van der Waals surface area contributed by atoms with Gasteiger partial charge >= 0.3 is 5.69 Å². The summed E-state index contributed by atoms with van der Waals surface area (Å²) in [7, 11) is 1.34. The van der Waals surface area contributed by atoms with Crippen molar-refractivity contribution in [2.24, 2.45) is 0 Å². The molecular weight excluding hydrogens is 386 g/mol. The summed E-state index contributed by atoms with van der Waals surface area (Å²) in [5, 5.41) is 14.0. The van der Waals surface area contributed by atoms with E-state index >= 15 is 0 Å². The fourth-order valence-electron chi connectivity index (χ4n) is 2.85. The lowest BCUT2D eigenvalue weighted by Crippen LogP contribution is -2.26. The van der Waals surface area contributed by atoms with Gasteiger partial charge in [-0.1, -0.05) is 18.2 Å². The van der Waals surface area contributed by atoms with Crippen LogP contribution in [0.3, 0.4) is 0 Å². The van der Waals surface area contributed by atoms with E-state index in [9.17, 15) is 14.9 Å². The van der Waals surface area contributed by atoms with Gasteiger partial charge in [0.1, 0.15) is 12.4 Å². The lowest BCUT2D eigenvalue weighted by atomic mass is 10.1. The zero-order chi connectivity index (χ0) is 21.5. The Bertz CT molecular complexity index is 1040. The molecule has 1 aromatic heterocycles. The minimum absolute atomic E-state index is 0.0994. The highest BCUT2D eigenvalue weighted by Gasteiger charge is 2.19. The van der Waals surface area contributed by atoms with Gasteiger partial charge in [0.05, 0.1) is 23.8 Å². The Morgan fingerprint density at radius 3 is 2.70 bits per heavy atom. The molecule has 0 saturated heterocycles. The molecule has 1 N–H and O–H groups in total. The predicted molar refractivity (Wildman–Crippen MR) is 111 cm³/mol. The molecule has 2 aromatic carbocycles. The largest absolute Gasteiger partial charge is 0.490 e. The number of ether oxygens (including phenoxy) is 2. The Hall–Kier alpha value is -3.94. The van der Waals surface area contributed by atoms with Gasteiger partial charge in [-0.05, 0) is 48.9 Å². The molecule has 1 amide bonds. The molecule has 0 spiro atoms. The maximum atomic E-state index is 12.6. The summed E-state index contributed by atoms with van der Waals surface area (Å²) in [6.45, 7) is 2.16. The molecular formula is C22H21N3O5. The Morgan fingerprint density at radius 1 is 1.17 bits per heavy atom. The number of nitro groups is 1. The third-order valence-electron chi connectivity index (χ3n) is 4.46. The Kier molecular flexibility index (Phi) is 6.59. The van der Waals surface area contributed by atoms with Crippen molar-refractivity contribution in [3.05, 3.63) is 93.8 Å². The van der Waals surface area contributed by atoms with Crippen molar-refractivity contribution in [3.8, 4) is 11.5 Å². The van der Waals surface area contributed by atoms with E-state index in [0.717, 1.165) is 11.3 Å². The summed E-state index contributed by atoms with van der Waals surface area (Å²) >= 11 is 0. The van der Waals surface area contributed by atoms with Crippen LogP contribution in [0.4, 0.5) is 5.69 Å². The second kappa shape index (κ2) is 9.51. The average molecular weight is 407 g/mol. The molecule has 0 aliphatic rings. The molecule has 0 fully saturated rings. The van der Waals surface area contributed by atoms with Crippen molar-refractivity contribution in [2.45, 2.75) is 19.6 Å². The second-order valence-electron chi connectivity index (χ2n) is 6.52. The smallest absolute Gasteiger partial charge is 0.311 e. The van der Waals surface area contributed by atoms with Crippen molar-refractivity contribution in [1.29, 1.82) is 0 Å². The van der Waals surface area contributed by atoms with Crippen LogP contribution in [0.15, 0.2) is 66.9 Å². The van der Waals surface area contributed by atoms with Crippen LogP contribution in [0.1, 0.15) is 34.6 Å². The molecule has 0 aliphatic heterocycles. The van der Waals surface area contributed by atoms with Crippen LogP contribution in [0.2, 0.25) is 0 Å². The third kappa shape index (κ3) is 5.11. The number of hydrogen-bond donors (Lipinski definition) is 1. The van der Waals surface area contributed by atoms with Crippen LogP contribution in [-0.2, 0) is 6.61 Å². The molecule has 1 unspecified atom stereocenters. The van der Waals surface area contributed by atoms with Gasteiger partial charge in [0, 0.05) is 17.8 Å². The molecule has 3 aromatic rings. The van der Waals surface area contributed by atoms with Gasteiger partial charge in [-0.25, -0.2) is 0 Å². The van der Waals surface area contributed by atoms with Gasteiger partial charge in [-0.2, -0.15) is 0 Å². The zero-order valence-electron chi connectivity index (χ0n) is 16.6. The number of pyridine rings is 1. The number of carbonyl (C=O) groups excluding carboxylic acids is 1. The quantitative estimate of drug-likeness (QED) is 0.446. The van der Waals surface area contributed by atoms with Crippen molar-refractivity contribution in [2.75, 3.05) is 7.11 Å². The van der Waals surface area contributed by atoms with Crippen LogP contribution in [0, 0.1) is 10.1 Å². The van der Waals surface area contributed by atoms with E-state index in [1.807, 2.05) is 49.4 Å². The first-order chi connectivity index (χ1) is 14.5. The molecule has 1 atom stereocenters. The second-order valence-corrected chi connectivity index (χ2v) is 6.52. The zero-order valence-corrected chi connectivity index (χ0v) is 16.6. The van der Waals surface area contributed by atoms with Gasteiger partial charge in [0.25, 0.3) is 5.91 Å². The molecule has 8 nitrogen and oxygen atoms in total. The Labute approximate surface area is 173 Å². The molecule has 0 bridgehead atoms. The molecule has 0 aliphatic carbocycles.